The van der Waals surface area contributed by atoms with Crippen molar-refractivity contribution in [3.63, 3.8) is 0 Å². The molecule has 0 unspecified atom stereocenters. The van der Waals surface area contributed by atoms with Gasteiger partial charge in [-0.25, -0.2) is 9.98 Å². The summed E-state index contributed by atoms with van der Waals surface area (Å²) in [7, 11) is -2.63. The molecule has 1 aliphatic heterocycles. The van der Waals surface area contributed by atoms with Crippen LogP contribution in [0, 0.1) is 0 Å². The highest BCUT2D eigenvalue weighted by atomic mass is 32.2. The Labute approximate surface area is 103 Å². The van der Waals surface area contributed by atoms with E-state index in [0.717, 1.165) is 0 Å². The van der Waals surface area contributed by atoms with E-state index >= 15 is 0 Å². The Morgan fingerprint density at radius 3 is 2.06 bits per heavy atom. The number of fused-ring (bicyclic) bond motifs is 1. The van der Waals surface area contributed by atoms with Crippen molar-refractivity contribution in [2.75, 3.05) is 0 Å². The quantitative estimate of drug-likeness (QED) is 0.545. The monoisotopic (exact) mass is 267 g/mol. The number of rotatable bonds is 0. The number of hydrogen-bond donors (Lipinski definition) is 1. The van der Waals surface area contributed by atoms with E-state index in [9.17, 15) is 18.0 Å². The molecule has 8 heteroatoms. The predicted octanol–water partition coefficient (Wildman–Crippen LogP) is -2.03. The van der Waals surface area contributed by atoms with E-state index in [1.165, 1.54) is 6.92 Å². The zero-order valence-electron chi connectivity index (χ0n) is 9.32. The Kier molecular flexibility index (Phi) is 4.44. The third-order valence-electron chi connectivity index (χ3n) is 1.67. The third kappa shape index (κ3) is 3.59. The number of para-hydroxylation sites is 2. The largest absolute Gasteiger partial charge is 0.370 e. The molecule has 7 nitrogen and oxygen atoms in total. The average molecular weight is 267 g/mol. The van der Waals surface area contributed by atoms with Crippen LogP contribution in [0.25, 0.3) is 0 Å². The van der Waals surface area contributed by atoms with Crippen molar-refractivity contribution < 1.29 is 18.0 Å². The standard InChI is InChI=1S/C8H4N2O3S.C2H5NO/c11-7-8(14(12)13)10-6-4-2-1-3-5(6)9-7;1-2(3)4/h1-4H;1H3,(H2,3,4). The van der Waals surface area contributed by atoms with E-state index in [1.807, 2.05) is 0 Å². The molecule has 0 spiro atoms. The molecule has 1 aliphatic rings. The van der Waals surface area contributed by atoms with Gasteiger partial charge in [0, 0.05) is 6.92 Å². The Hall–Kier alpha value is -2.35. The molecule has 0 aliphatic carbocycles. The van der Waals surface area contributed by atoms with Crippen molar-refractivity contribution >= 4 is 27.1 Å². The van der Waals surface area contributed by atoms with E-state index in [1.54, 1.807) is 24.3 Å². The van der Waals surface area contributed by atoms with Gasteiger partial charge in [-0.1, -0.05) is 12.1 Å². The molecule has 94 valence electrons. The van der Waals surface area contributed by atoms with Crippen LogP contribution in [0.4, 0.5) is 0 Å². The van der Waals surface area contributed by atoms with Gasteiger partial charge in [0.05, 0.1) is 10.7 Å². The van der Waals surface area contributed by atoms with Crippen LogP contribution in [0.5, 0.6) is 0 Å². The molecule has 0 aromatic heterocycles. The summed E-state index contributed by atoms with van der Waals surface area (Å²) in [5.41, 5.74) is 4.47. The summed E-state index contributed by atoms with van der Waals surface area (Å²) in [6.45, 7) is 1.31. The molecular weight excluding hydrogens is 258 g/mol. The molecule has 2 N–H and O–H groups in total. The van der Waals surface area contributed by atoms with Gasteiger partial charge in [-0.15, -0.1) is 0 Å². The normalized spacial score (nSPS) is 12.3. The molecule has 2 amide bonds. The van der Waals surface area contributed by atoms with Crippen LogP contribution in [-0.4, -0.2) is 25.2 Å². The van der Waals surface area contributed by atoms with E-state index in [4.69, 9.17) is 0 Å². The summed E-state index contributed by atoms with van der Waals surface area (Å²) < 4.78 is 21.1. The number of primary amides is 1. The molecule has 18 heavy (non-hydrogen) atoms. The zero-order valence-corrected chi connectivity index (χ0v) is 10.1. The highest BCUT2D eigenvalue weighted by molar-refractivity contribution is 7.74. The van der Waals surface area contributed by atoms with Gasteiger partial charge in [0.15, 0.2) is 0 Å². The Balaban J connectivity index is 0.000000357. The van der Waals surface area contributed by atoms with Crippen LogP contribution in [0.15, 0.2) is 34.3 Å². The zero-order chi connectivity index (χ0) is 13.7. The Bertz CT molecular complexity index is 738. The Morgan fingerprint density at radius 1 is 1.17 bits per heavy atom. The van der Waals surface area contributed by atoms with Crippen molar-refractivity contribution in [3.8, 4) is 0 Å². The van der Waals surface area contributed by atoms with Crippen LogP contribution in [0.3, 0.4) is 0 Å². The molecule has 1 aromatic rings. The van der Waals surface area contributed by atoms with Crippen molar-refractivity contribution in [1.29, 1.82) is 0 Å². The lowest BCUT2D eigenvalue weighted by atomic mass is 10.3. The van der Waals surface area contributed by atoms with E-state index in [2.05, 4.69) is 15.7 Å². The molecule has 0 bridgehead atoms. The predicted molar refractivity (Wildman–Crippen MR) is 62.6 cm³/mol. The number of carbonyl (C=O) groups is 2. The molecular formula is C10H9N3O4S. The molecule has 1 heterocycles. The van der Waals surface area contributed by atoms with Crippen LogP contribution in [0.1, 0.15) is 6.92 Å². The molecule has 0 saturated carbocycles. The lowest BCUT2D eigenvalue weighted by Crippen LogP contribution is -2.34. The van der Waals surface area contributed by atoms with Crippen LogP contribution in [-0.2, 0) is 19.9 Å². The van der Waals surface area contributed by atoms with Crippen molar-refractivity contribution in [1.82, 2.24) is 0 Å². The molecule has 0 saturated heterocycles. The summed E-state index contributed by atoms with van der Waals surface area (Å²) in [5, 5.41) is 0.790. The fourth-order valence-electron chi connectivity index (χ4n) is 1.08. The maximum atomic E-state index is 11.1. The van der Waals surface area contributed by atoms with Gasteiger partial charge in [0.25, 0.3) is 4.99 Å². The van der Waals surface area contributed by atoms with Crippen molar-refractivity contribution in [2.45, 2.75) is 6.92 Å². The van der Waals surface area contributed by atoms with Gasteiger partial charge in [-0.3, -0.25) is 9.59 Å². The second-order valence-corrected chi connectivity index (χ2v) is 4.02. The van der Waals surface area contributed by atoms with Crippen LogP contribution >= 0.6 is 0 Å². The number of nitrogens with two attached hydrogens (primary N) is 1. The van der Waals surface area contributed by atoms with Gasteiger partial charge in [0.2, 0.25) is 16.2 Å². The van der Waals surface area contributed by atoms with Crippen molar-refractivity contribution in [2.24, 2.45) is 15.7 Å². The fraction of sp³-hybridized carbons (Fsp3) is 0.100. The second kappa shape index (κ2) is 5.82. The first kappa shape index (κ1) is 13.7. The van der Waals surface area contributed by atoms with E-state index in [-0.39, 0.29) is 5.91 Å². The summed E-state index contributed by atoms with van der Waals surface area (Å²) in [6, 6.07) is 6.59. The molecule has 0 fully saturated rings. The lowest BCUT2D eigenvalue weighted by Gasteiger charge is -1.96. The lowest BCUT2D eigenvalue weighted by molar-refractivity contribution is -0.116. The second-order valence-electron chi connectivity index (χ2n) is 3.17. The average Bonchev–Trinajstić information content (AvgIpc) is 2.27. The Morgan fingerprint density at radius 2 is 1.61 bits per heavy atom. The maximum absolute atomic E-state index is 11.1. The minimum absolute atomic E-state index is 0.333. The number of amides is 2. The third-order valence-corrected chi connectivity index (χ3v) is 2.25. The molecule has 0 radical (unpaired) electrons. The van der Waals surface area contributed by atoms with Gasteiger partial charge in [-0.2, -0.15) is 8.42 Å². The maximum Gasteiger partial charge on any atom is 0.312 e. The number of hydrogen-bond acceptors (Lipinski definition) is 4. The van der Waals surface area contributed by atoms with E-state index in [0.29, 0.717) is 10.7 Å². The van der Waals surface area contributed by atoms with Gasteiger partial charge >= 0.3 is 5.91 Å². The van der Waals surface area contributed by atoms with Gasteiger partial charge < -0.3 is 5.73 Å². The highest BCUT2D eigenvalue weighted by Crippen LogP contribution is 1.86. The molecule has 1 aromatic carbocycles. The van der Waals surface area contributed by atoms with Crippen molar-refractivity contribution in [3.05, 3.63) is 35.0 Å². The van der Waals surface area contributed by atoms with Gasteiger partial charge in [0.1, 0.15) is 0 Å². The highest BCUT2D eigenvalue weighted by Gasteiger charge is 2.14. The first-order valence-electron chi connectivity index (χ1n) is 4.71. The summed E-state index contributed by atoms with van der Waals surface area (Å²) in [4.78, 5) is 27.1. The van der Waals surface area contributed by atoms with Crippen LogP contribution in [0.2, 0.25) is 0 Å². The minimum atomic E-state index is -2.63. The molecule has 0 atom stereocenters. The summed E-state index contributed by atoms with van der Waals surface area (Å²) in [6.07, 6.45) is 0. The topological polar surface area (TPSA) is 119 Å². The number of benzene rings is 1. The first-order chi connectivity index (χ1) is 8.41. The summed E-state index contributed by atoms with van der Waals surface area (Å²) >= 11 is 0. The first-order valence-corrected chi connectivity index (χ1v) is 5.78. The van der Waals surface area contributed by atoms with Gasteiger partial charge in [-0.05, 0) is 12.1 Å². The number of nitrogens with zero attached hydrogens (tertiary/aromatic N) is 2. The fourth-order valence-corrected chi connectivity index (χ4v) is 1.44. The SMILES string of the molecule is CC(N)=O.O=C1N=c2ccccc2=NC1=S(=O)=O. The van der Waals surface area contributed by atoms with E-state index < -0.39 is 21.2 Å². The molecule has 2 rings (SSSR count). The summed E-state index contributed by atoms with van der Waals surface area (Å²) in [5.74, 6) is -1.16. The van der Waals surface area contributed by atoms with Crippen LogP contribution < -0.4 is 16.4 Å². The minimum Gasteiger partial charge on any atom is -0.370 e. The number of carbonyl (C=O) groups excluding carboxylic acids is 2. The smallest absolute Gasteiger partial charge is 0.312 e.